The number of thiazole rings is 1. The lowest BCUT2D eigenvalue weighted by atomic mass is 10.2. The third-order valence-corrected chi connectivity index (χ3v) is 4.15. The first-order chi connectivity index (χ1) is 12.8. The second-order valence-corrected chi connectivity index (χ2v) is 6.13. The zero-order valence-electron chi connectivity index (χ0n) is 13.7. The van der Waals surface area contributed by atoms with Crippen molar-refractivity contribution in [3.63, 3.8) is 0 Å². The Labute approximate surface area is 153 Å². The highest BCUT2D eigenvalue weighted by Gasteiger charge is 2.31. The van der Waals surface area contributed by atoms with Gasteiger partial charge in [-0.3, -0.25) is 0 Å². The van der Waals surface area contributed by atoms with Gasteiger partial charge in [-0.1, -0.05) is 17.4 Å². The number of fused-ring (bicyclic) bond motifs is 1. The average molecular weight is 402 g/mol. The van der Waals surface area contributed by atoms with E-state index in [1.54, 1.807) is 6.92 Å². The van der Waals surface area contributed by atoms with Crippen LogP contribution < -0.4 is 4.74 Å². The number of halogens is 5. The van der Waals surface area contributed by atoms with E-state index in [0.717, 1.165) is 35.6 Å². The number of aliphatic imine (C=N–C) groups is 1. The molecule has 3 aromatic rings. The molecular formula is C17H11F5N2O2S. The van der Waals surface area contributed by atoms with E-state index in [4.69, 9.17) is 4.74 Å². The molecule has 0 aliphatic rings. The summed E-state index contributed by atoms with van der Waals surface area (Å²) in [5.41, 5.74) is -0.0853. The highest BCUT2D eigenvalue weighted by atomic mass is 32.1. The number of nitrogens with zero attached hydrogens (tertiary/aromatic N) is 2. The average Bonchev–Trinajstić information content (AvgIpc) is 2.95. The second kappa shape index (κ2) is 7.47. The van der Waals surface area contributed by atoms with Crippen LogP contribution in [0.1, 0.15) is 12.5 Å². The molecule has 1 aromatic heterocycles. The van der Waals surface area contributed by atoms with Gasteiger partial charge in [0.25, 0.3) is 0 Å². The van der Waals surface area contributed by atoms with Gasteiger partial charge in [-0.05, 0) is 31.2 Å². The van der Waals surface area contributed by atoms with E-state index in [1.807, 2.05) is 0 Å². The number of hydrogen-bond donors (Lipinski definition) is 0. The summed E-state index contributed by atoms with van der Waals surface area (Å²) in [6.07, 6.45) is -4.82. The van der Waals surface area contributed by atoms with Gasteiger partial charge < -0.3 is 9.47 Å². The fourth-order valence-electron chi connectivity index (χ4n) is 2.22. The summed E-state index contributed by atoms with van der Waals surface area (Å²) in [7, 11) is 0. The molecule has 0 bridgehead atoms. The molecule has 1 heterocycles. The van der Waals surface area contributed by atoms with E-state index in [0.29, 0.717) is 10.2 Å². The molecule has 27 heavy (non-hydrogen) atoms. The van der Waals surface area contributed by atoms with Crippen LogP contribution in [0.4, 0.5) is 27.1 Å². The number of benzene rings is 2. The molecule has 10 heteroatoms. The van der Waals surface area contributed by atoms with Gasteiger partial charge in [-0.2, -0.15) is 4.99 Å². The molecule has 0 N–H and O–H groups in total. The fraction of sp³-hybridized carbons (Fsp3) is 0.176. The molecule has 0 fully saturated rings. The maximum absolute atomic E-state index is 14.0. The van der Waals surface area contributed by atoms with Crippen molar-refractivity contribution in [2.75, 3.05) is 6.61 Å². The van der Waals surface area contributed by atoms with Crippen molar-refractivity contribution in [3.8, 4) is 5.75 Å². The Bertz CT molecular complexity index is 980. The van der Waals surface area contributed by atoms with Crippen LogP contribution in [0, 0.1) is 11.6 Å². The summed E-state index contributed by atoms with van der Waals surface area (Å²) in [5.74, 6) is -2.42. The first kappa shape index (κ1) is 19.0. The van der Waals surface area contributed by atoms with E-state index in [1.165, 1.54) is 12.1 Å². The Morgan fingerprint density at radius 1 is 1.15 bits per heavy atom. The van der Waals surface area contributed by atoms with Crippen LogP contribution in [0.3, 0.4) is 0 Å². The Hall–Kier alpha value is -2.75. The van der Waals surface area contributed by atoms with Crippen LogP contribution in [0.15, 0.2) is 41.4 Å². The van der Waals surface area contributed by atoms with Crippen molar-refractivity contribution >= 4 is 32.6 Å². The first-order valence-electron chi connectivity index (χ1n) is 7.59. The summed E-state index contributed by atoms with van der Waals surface area (Å²) in [5, 5.41) is 0.0697. The molecule has 2 aromatic carbocycles. The highest BCUT2D eigenvalue weighted by molar-refractivity contribution is 7.22. The third-order valence-electron chi connectivity index (χ3n) is 3.24. The maximum atomic E-state index is 14.0. The molecule has 0 spiro atoms. The quantitative estimate of drug-likeness (QED) is 0.325. The topological polar surface area (TPSA) is 43.7 Å². The minimum absolute atomic E-state index is 0.0697. The van der Waals surface area contributed by atoms with Gasteiger partial charge in [-0.15, -0.1) is 13.2 Å². The molecule has 4 nitrogen and oxygen atoms in total. The Morgan fingerprint density at radius 3 is 2.48 bits per heavy atom. The minimum Gasteiger partial charge on any atom is -0.477 e. The zero-order valence-corrected chi connectivity index (χ0v) is 14.5. The predicted octanol–water partition coefficient (Wildman–Crippen LogP) is 5.59. The summed E-state index contributed by atoms with van der Waals surface area (Å²) in [6, 6.07) is 6.93. The van der Waals surface area contributed by atoms with Crippen LogP contribution in [-0.2, 0) is 4.74 Å². The molecule has 142 valence electrons. The zero-order chi connectivity index (χ0) is 19.6. The van der Waals surface area contributed by atoms with Crippen LogP contribution in [0.2, 0.25) is 0 Å². The molecular weight excluding hydrogens is 391 g/mol. The van der Waals surface area contributed by atoms with Crippen LogP contribution >= 0.6 is 11.3 Å². The number of alkyl halides is 3. The van der Waals surface area contributed by atoms with Crippen LogP contribution in [0.5, 0.6) is 5.75 Å². The van der Waals surface area contributed by atoms with Gasteiger partial charge in [0, 0.05) is 6.07 Å². The molecule has 0 saturated carbocycles. The summed E-state index contributed by atoms with van der Waals surface area (Å²) in [4.78, 5) is 8.17. The van der Waals surface area contributed by atoms with Crippen molar-refractivity contribution in [2.24, 2.45) is 4.99 Å². The Balaban J connectivity index is 2.01. The van der Waals surface area contributed by atoms with Crippen molar-refractivity contribution in [1.82, 2.24) is 4.98 Å². The molecule has 0 radical (unpaired) electrons. The molecule has 0 saturated heterocycles. The second-order valence-electron chi connectivity index (χ2n) is 5.12. The van der Waals surface area contributed by atoms with E-state index in [2.05, 4.69) is 14.7 Å². The standard InChI is InChI=1S/C17H11F5N2O2S/c1-2-25-15(14-10(18)4-3-5-11(14)19)24-16-23-12-7-6-9(8-13(12)27-16)26-17(20,21)22/h3-8H,2H2,1H3. The third kappa shape index (κ3) is 4.51. The lowest BCUT2D eigenvalue weighted by Gasteiger charge is -2.08. The monoisotopic (exact) mass is 402 g/mol. The van der Waals surface area contributed by atoms with E-state index in [-0.39, 0.29) is 17.6 Å². The number of hydrogen-bond acceptors (Lipinski definition) is 5. The maximum Gasteiger partial charge on any atom is 0.573 e. The van der Waals surface area contributed by atoms with Gasteiger partial charge in [0.1, 0.15) is 22.9 Å². The molecule has 0 amide bonds. The molecule has 0 aliphatic heterocycles. The SMILES string of the molecule is CCOC(=Nc1nc2ccc(OC(F)(F)F)cc2s1)c1c(F)cccc1F. The Morgan fingerprint density at radius 2 is 1.85 bits per heavy atom. The van der Waals surface area contributed by atoms with Crippen molar-refractivity contribution in [2.45, 2.75) is 13.3 Å². The van der Waals surface area contributed by atoms with Crippen LogP contribution in [-0.4, -0.2) is 23.9 Å². The predicted molar refractivity (Wildman–Crippen MR) is 90.5 cm³/mol. The van der Waals surface area contributed by atoms with Gasteiger partial charge in [0.15, 0.2) is 0 Å². The van der Waals surface area contributed by atoms with E-state index < -0.39 is 29.3 Å². The van der Waals surface area contributed by atoms with Gasteiger partial charge in [0.05, 0.1) is 16.8 Å². The first-order valence-corrected chi connectivity index (χ1v) is 8.40. The molecule has 0 atom stereocenters. The van der Waals surface area contributed by atoms with E-state index in [9.17, 15) is 22.0 Å². The normalized spacial score (nSPS) is 12.4. The lowest BCUT2D eigenvalue weighted by molar-refractivity contribution is -0.274. The largest absolute Gasteiger partial charge is 0.573 e. The molecule has 0 unspecified atom stereocenters. The van der Waals surface area contributed by atoms with Crippen LogP contribution in [0.25, 0.3) is 10.2 Å². The minimum atomic E-state index is -4.82. The summed E-state index contributed by atoms with van der Waals surface area (Å²) >= 11 is 0.927. The van der Waals surface area contributed by atoms with Gasteiger partial charge in [-0.25, -0.2) is 13.8 Å². The van der Waals surface area contributed by atoms with Crippen molar-refractivity contribution in [1.29, 1.82) is 0 Å². The van der Waals surface area contributed by atoms with Crippen molar-refractivity contribution < 1.29 is 31.4 Å². The lowest BCUT2D eigenvalue weighted by Crippen LogP contribution is -2.16. The fourth-order valence-corrected chi connectivity index (χ4v) is 3.09. The summed E-state index contributed by atoms with van der Waals surface area (Å²) < 4.78 is 74.4. The number of aromatic nitrogens is 1. The molecule has 3 rings (SSSR count). The number of ether oxygens (including phenoxy) is 2. The Kier molecular flexibility index (Phi) is 5.26. The highest BCUT2D eigenvalue weighted by Crippen LogP contribution is 2.33. The smallest absolute Gasteiger partial charge is 0.477 e. The summed E-state index contributed by atoms with van der Waals surface area (Å²) in [6.45, 7) is 1.72. The van der Waals surface area contributed by atoms with Gasteiger partial charge >= 0.3 is 6.36 Å². The van der Waals surface area contributed by atoms with Crippen molar-refractivity contribution in [3.05, 3.63) is 53.6 Å². The van der Waals surface area contributed by atoms with Gasteiger partial charge in [0.2, 0.25) is 11.0 Å². The van der Waals surface area contributed by atoms with E-state index >= 15 is 0 Å². The number of rotatable bonds is 4. The molecule has 0 aliphatic carbocycles.